The molecule has 1 aromatic rings. The number of aliphatic hydroxyl groups excluding tert-OH is 1. The Labute approximate surface area is 120 Å². The van der Waals surface area contributed by atoms with Gasteiger partial charge >= 0.3 is 0 Å². The van der Waals surface area contributed by atoms with Gasteiger partial charge in [0.25, 0.3) is 0 Å². The lowest BCUT2D eigenvalue weighted by Crippen LogP contribution is -2.12. The van der Waals surface area contributed by atoms with Gasteiger partial charge in [-0.15, -0.1) is 0 Å². The number of pyridine rings is 1. The average Bonchev–Trinajstić information content (AvgIpc) is 2.74. The fourth-order valence-corrected chi connectivity index (χ4v) is 2.62. The molecule has 0 spiro atoms. The molecule has 2 rings (SSSR count). The van der Waals surface area contributed by atoms with Crippen molar-refractivity contribution in [1.82, 2.24) is 4.98 Å². The van der Waals surface area contributed by atoms with Gasteiger partial charge in [0.2, 0.25) is 5.88 Å². The van der Waals surface area contributed by atoms with Crippen molar-refractivity contribution in [3.8, 4) is 11.9 Å². The molecule has 4 heteroatoms. The minimum absolute atomic E-state index is 0.0546. The number of nitrogens with zero attached hydrogens (tertiary/aromatic N) is 2. The summed E-state index contributed by atoms with van der Waals surface area (Å²) in [5.74, 6) is 1.16. The lowest BCUT2D eigenvalue weighted by Gasteiger charge is -2.15. The second-order valence-corrected chi connectivity index (χ2v) is 5.45. The molecule has 1 aromatic heterocycles. The van der Waals surface area contributed by atoms with Crippen molar-refractivity contribution >= 4 is 0 Å². The van der Waals surface area contributed by atoms with Crippen LogP contribution < -0.4 is 4.74 Å². The molecule has 1 aliphatic carbocycles. The number of nitriles is 1. The number of hydrogen-bond acceptors (Lipinski definition) is 4. The van der Waals surface area contributed by atoms with Crippen molar-refractivity contribution in [1.29, 1.82) is 5.26 Å². The molecule has 1 aliphatic rings. The summed E-state index contributed by atoms with van der Waals surface area (Å²) in [6.45, 7) is 0.699. The fourth-order valence-electron chi connectivity index (χ4n) is 2.62. The molecule has 20 heavy (non-hydrogen) atoms. The van der Waals surface area contributed by atoms with Crippen LogP contribution in [-0.4, -0.2) is 16.7 Å². The second kappa shape index (κ2) is 7.86. The first-order valence-corrected chi connectivity index (χ1v) is 7.44. The molecule has 0 unspecified atom stereocenters. The van der Waals surface area contributed by atoms with Crippen LogP contribution in [-0.2, 0) is 0 Å². The van der Waals surface area contributed by atoms with Gasteiger partial charge in [-0.3, -0.25) is 0 Å². The molecule has 0 amide bonds. The monoisotopic (exact) mass is 274 g/mol. The molecule has 1 heterocycles. The molecular formula is C16H22N2O2. The lowest BCUT2D eigenvalue weighted by molar-refractivity contribution is 0.174. The van der Waals surface area contributed by atoms with Crippen molar-refractivity contribution in [2.45, 2.75) is 51.0 Å². The van der Waals surface area contributed by atoms with Crippen molar-refractivity contribution in [2.75, 3.05) is 6.61 Å². The number of aromatic nitrogens is 1. The first-order valence-electron chi connectivity index (χ1n) is 7.44. The molecule has 1 fully saturated rings. The molecule has 1 atom stereocenters. The number of ether oxygens (including phenoxy) is 1. The third-order valence-electron chi connectivity index (χ3n) is 3.81. The van der Waals surface area contributed by atoms with Crippen LogP contribution in [0.5, 0.6) is 5.88 Å². The SMILES string of the molecule is N#CC[C@@H](O)c1cccc(OCC2CCCCCC2)n1. The topological polar surface area (TPSA) is 66.1 Å². The largest absolute Gasteiger partial charge is 0.477 e. The Kier molecular flexibility index (Phi) is 5.82. The van der Waals surface area contributed by atoms with Gasteiger partial charge in [0.1, 0.15) is 6.10 Å². The Morgan fingerprint density at radius 2 is 2.05 bits per heavy atom. The number of aliphatic hydroxyl groups is 1. The van der Waals surface area contributed by atoms with E-state index in [1.54, 1.807) is 12.1 Å². The zero-order valence-corrected chi connectivity index (χ0v) is 11.8. The predicted molar refractivity (Wildman–Crippen MR) is 76.1 cm³/mol. The quantitative estimate of drug-likeness (QED) is 0.836. The van der Waals surface area contributed by atoms with E-state index in [-0.39, 0.29) is 6.42 Å². The first-order chi connectivity index (χ1) is 9.79. The fraction of sp³-hybridized carbons (Fsp3) is 0.625. The van der Waals surface area contributed by atoms with Gasteiger partial charge in [-0.1, -0.05) is 31.7 Å². The van der Waals surface area contributed by atoms with Crippen LogP contribution in [0.15, 0.2) is 18.2 Å². The van der Waals surface area contributed by atoms with E-state index in [1.807, 2.05) is 12.1 Å². The minimum Gasteiger partial charge on any atom is -0.477 e. The average molecular weight is 274 g/mol. The molecule has 0 bridgehead atoms. The minimum atomic E-state index is -0.832. The highest BCUT2D eigenvalue weighted by molar-refractivity contribution is 5.18. The Balaban J connectivity index is 1.89. The van der Waals surface area contributed by atoms with E-state index in [9.17, 15) is 5.11 Å². The van der Waals surface area contributed by atoms with Crippen molar-refractivity contribution in [3.63, 3.8) is 0 Å². The zero-order chi connectivity index (χ0) is 14.2. The molecule has 0 aromatic carbocycles. The molecule has 0 radical (unpaired) electrons. The van der Waals surface area contributed by atoms with Gasteiger partial charge in [0.15, 0.2) is 0 Å². The van der Waals surface area contributed by atoms with Gasteiger partial charge < -0.3 is 9.84 Å². The second-order valence-electron chi connectivity index (χ2n) is 5.45. The van der Waals surface area contributed by atoms with Crippen molar-refractivity contribution < 1.29 is 9.84 Å². The van der Waals surface area contributed by atoms with Crippen molar-refractivity contribution in [2.24, 2.45) is 5.92 Å². The van der Waals surface area contributed by atoms with Crippen molar-refractivity contribution in [3.05, 3.63) is 23.9 Å². The summed E-state index contributed by atoms with van der Waals surface area (Å²) in [4.78, 5) is 4.28. The normalized spacial score (nSPS) is 18.0. The molecule has 0 saturated heterocycles. The number of hydrogen-bond donors (Lipinski definition) is 1. The van der Waals surface area contributed by atoms with Crippen LogP contribution in [0.1, 0.15) is 56.7 Å². The summed E-state index contributed by atoms with van der Waals surface area (Å²) >= 11 is 0. The van der Waals surface area contributed by atoms with E-state index < -0.39 is 6.10 Å². The van der Waals surface area contributed by atoms with E-state index >= 15 is 0 Å². The zero-order valence-electron chi connectivity index (χ0n) is 11.8. The molecule has 0 aliphatic heterocycles. The summed E-state index contributed by atoms with van der Waals surface area (Å²) < 4.78 is 5.76. The third kappa shape index (κ3) is 4.50. The molecular weight excluding hydrogens is 252 g/mol. The maximum atomic E-state index is 9.76. The summed E-state index contributed by atoms with van der Waals surface area (Å²) in [6.07, 6.45) is 6.95. The van der Waals surface area contributed by atoms with E-state index in [0.717, 1.165) is 0 Å². The molecule has 1 saturated carbocycles. The van der Waals surface area contributed by atoms with Crippen LogP contribution in [0.25, 0.3) is 0 Å². The van der Waals surface area contributed by atoms with E-state index in [1.165, 1.54) is 38.5 Å². The summed E-state index contributed by atoms with van der Waals surface area (Å²) in [7, 11) is 0. The maximum absolute atomic E-state index is 9.76. The molecule has 1 N–H and O–H groups in total. The smallest absolute Gasteiger partial charge is 0.213 e. The molecule has 4 nitrogen and oxygen atoms in total. The lowest BCUT2D eigenvalue weighted by atomic mass is 10.0. The maximum Gasteiger partial charge on any atom is 0.213 e. The highest BCUT2D eigenvalue weighted by Crippen LogP contribution is 2.24. The van der Waals surface area contributed by atoms with Gasteiger partial charge in [-0.2, -0.15) is 5.26 Å². The summed E-state index contributed by atoms with van der Waals surface area (Å²) in [5, 5.41) is 18.4. The van der Waals surface area contributed by atoms with Gasteiger partial charge in [-0.25, -0.2) is 4.98 Å². The van der Waals surface area contributed by atoms with Crippen LogP contribution in [0, 0.1) is 17.2 Å². The Bertz CT molecular complexity index is 448. The van der Waals surface area contributed by atoms with E-state index in [2.05, 4.69) is 4.98 Å². The Morgan fingerprint density at radius 1 is 1.30 bits per heavy atom. The standard InChI is InChI=1S/C16H22N2O2/c17-11-10-15(19)14-8-5-9-16(18-14)20-12-13-6-3-1-2-4-7-13/h5,8-9,13,15,19H,1-4,6-7,10,12H2/t15-/m1/s1. The Morgan fingerprint density at radius 3 is 2.75 bits per heavy atom. The Hall–Kier alpha value is -1.60. The highest BCUT2D eigenvalue weighted by Gasteiger charge is 2.14. The summed E-state index contributed by atoms with van der Waals surface area (Å²) in [6, 6.07) is 7.28. The molecule has 108 valence electrons. The van der Waals surface area contributed by atoms with E-state index in [0.29, 0.717) is 24.1 Å². The van der Waals surface area contributed by atoms with Crippen LogP contribution >= 0.6 is 0 Å². The van der Waals surface area contributed by atoms with Gasteiger partial charge in [0.05, 0.1) is 24.8 Å². The summed E-state index contributed by atoms with van der Waals surface area (Å²) in [5.41, 5.74) is 0.505. The van der Waals surface area contributed by atoms with Gasteiger partial charge in [-0.05, 0) is 24.8 Å². The van der Waals surface area contributed by atoms with Crippen LogP contribution in [0.4, 0.5) is 0 Å². The highest BCUT2D eigenvalue weighted by atomic mass is 16.5. The van der Waals surface area contributed by atoms with Crippen LogP contribution in [0.3, 0.4) is 0 Å². The first kappa shape index (κ1) is 14.8. The third-order valence-corrected chi connectivity index (χ3v) is 3.81. The number of rotatable bonds is 5. The van der Waals surface area contributed by atoms with E-state index in [4.69, 9.17) is 10.00 Å². The predicted octanol–water partition coefficient (Wildman–Crippen LogP) is 3.38. The van der Waals surface area contributed by atoms with Crippen LogP contribution in [0.2, 0.25) is 0 Å². The van der Waals surface area contributed by atoms with Gasteiger partial charge in [0, 0.05) is 6.07 Å².